The Morgan fingerprint density at radius 3 is 2.55 bits per heavy atom. The SMILES string of the molecule is CCC(C)(C)NC(=O)COC(=O)c1ccc(C)c(F)c1. The zero-order valence-corrected chi connectivity index (χ0v) is 12.2. The van der Waals surface area contributed by atoms with Gasteiger partial charge in [-0.05, 0) is 44.9 Å². The van der Waals surface area contributed by atoms with Gasteiger partial charge < -0.3 is 10.1 Å². The summed E-state index contributed by atoms with van der Waals surface area (Å²) in [5.74, 6) is -1.57. The third-order valence-corrected chi connectivity index (χ3v) is 3.10. The third kappa shape index (κ3) is 4.64. The molecule has 0 saturated heterocycles. The van der Waals surface area contributed by atoms with Crippen LogP contribution in [-0.2, 0) is 9.53 Å². The monoisotopic (exact) mass is 281 g/mol. The van der Waals surface area contributed by atoms with Gasteiger partial charge >= 0.3 is 5.97 Å². The molecule has 0 unspecified atom stereocenters. The molecule has 0 aliphatic rings. The Balaban J connectivity index is 2.55. The Hall–Kier alpha value is -1.91. The van der Waals surface area contributed by atoms with E-state index in [0.717, 1.165) is 12.5 Å². The van der Waals surface area contributed by atoms with Gasteiger partial charge in [0.25, 0.3) is 5.91 Å². The summed E-state index contributed by atoms with van der Waals surface area (Å²) in [6.07, 6.45) is 0.760. The molecular formula is C15H20FNO3. The number of hydrogen-bond donors (Lipinski definition) is 1. The van der Waals surface area contributed by atoms with Crippen LogP contribution in [0.1, 0.15) is 43.1 Å². The first kappa shape index (κ1) is 16.1. The standard InChI is InChI=1S/C15H20FNO3/c1-5-15(3,4)17-13(18)9-20-14(19)11-7-6-10(2)12(16)8-11/h6-8H,5,9H2,1-4H3,(H,17,18). The van der Waals surface area contributed by atoms with Gasteiger partial charge in [-0.25, -0.2) is 9.18 Å². The van der Waals surface area contributed by atoms with Crippen LogP contribution in [0.25, 0.3) is 0 Å². The van der Waals surface area contributed by atoms with Gasteiger partial charge in [-0.2, -0.15) is 0 Å². The summed E-state index contributed by atoms with van der Waals surface area (Å²) < 4.78 is 18.2. The van der Waals surface area contributed by atoms with Crippen molar-refractivity contribution in [1.82, 2.24) is 5.32 Å². The summed E-state index contributed by atoms with van der Waals surface area (Å²) in [6.45, 7) is 6.92. The molecule has 0 bridgehead atoms. The minimum Gasteiger partial charge on any atom is -0.452 e. The Morgan fingerprint density at radius 2 is 2.00 bits per heavy atom. The Bertz CT molecular complexity index is 512. The summed E-state index contributed by atoms with van der Waals surface area (Å²) in [4.78, 5) is 23.3. The van der Waals surface area contributed by atoms with E-state index in [2.05, 4.69) is 5.32 Å². The van der Waals surface area contributed by atoms with Crippen molar-refractivity contribution in [3.63, 3.8) is 0 Å². The fourth-order valence-electron chi connectivity index (χ4n) is 1.44. The highest BCUT2D eigenvalue weighted by molar-refractivity contribution is 5.91. The van der Waals surface area contributed by atoms with Crippen molar-refractivity contribution in [3.8, 4) is 0 Å². The molecule has 0 heterocycles. The van der Waals surface area contributed by atoms with Gasteiger partial charge in [0.15, 0.2) is 6.61 Å². The number of rotatable bonds is 5. The van der Waals surface area contributed by atoms with Crippen LogP contribution >= 0.6 is 0 Å². The zero-order chi connectivity index (χ0) is 15.3. The maximum atomic E-state index is 13.3. The lowest BCUT2D eigenvalue weighted by Crippen LogP contribution is -2.44. The maximum Gasteiger partial charge on any atom is 0.338 e. The molecule has 1 aromatic carbocycles. The van der Waals surface area contributed by atoms with Crippen molar-refractivity contribution < 1.29 is 18.7 Å². The molecule has 0 aliphatic carbocycles. The topological polar surface area (TPSA) is 55.4 Å². The predicted molar refractivity (Wildman–Crippen MR) is 73.9 cm³/mol. The molecule has 0 radical (unpaired) electrons. The Kier molecular flexibility index (Phi) is 5.25. The van der Waals surface area contributed by atoms with Gasteiger partial charge in [0.2, 0.25) is 0 Å². The molecule has 1 rings (SSSR count). The molecule has 0 spiro atoms. The van der Waals surface area contributed by atoms with Crippen molar-refractivity contribution in [1.29, 1.82) is 0 Å². The van der Waals surface area contributed by atoms with E-state index in [1.807, 2.05) is 20.8 Å². The second kappa shape index (κ2) is 6.50. The second-order valence-corrected chi connectivity index (χ2v) is 5.33. The Morgan fingerprint density at radius 1 is 1.35 bits per heavy atom. The first-order valence-electron chi connectivity index (χ1n) is 6.49. The molecule has 0 atom stereocenters. The molecule has 0 fully saturated rings. The van der Waals surface area contributed by atoms with E-state index < -0.39 is 11.8 Å². The number of benzene rings is 1. The van der Waals surface area contributed by atoms with Gasteiger partial charge in [0.05, 0.1) is 5.56 Å². The predicted octanol–water partition coefficient (Wildman–Crippen LogP) is 2.60. The summed E-state index contributed by atoms with van der Waals surface area (Å²) in [7, 11) is 0. The first-order valence-corrected chi connectivity index (χ1v) is 6.49. The fraction of sp³-hybridized carbons (Fsp3) is 0.467. The van der Waals surface area contributed by atoms with Crippen LogP contribution in [0, 0.1) is 12.7 Å². The average molecular weight is 281 g/mol. The quantitative estimate of drug-likeness (QED) is 0.844. The van der Waals surface area contributed by atoms with Crippen LogP contribution in [0.4, 0.5) is 4.39 Å². The molecular weight excluding hydrogens is 261 g/mol. The number of aryl methyl sites for hydroxylation is 1. The smallest absolute Gasteiger partial charge is 0.338 e. The molecule has 1 aromatic rings. The van der Waals surface area contributed by atoms with E-state index in [1.54, 1.807) is 6.92 Å². The van der Waals surface area contributed by atoms with Crippen LogP contribution in [0.3, 0.4) is 0 Å². The minimum atomic E-state index is -0.714. The van der Waals surface area contributed by atoms with E-state index in [0.29, 0.717) is 5.56 Å². The summed E-state index contributed by atoms with van der Waals surface area (Å²) in [6, 6.07) is 4.06. The van der Waals surface area contributed by atoms with Gasteiger partial charge in [-0.3, -0.25) is 4.79 Å². The van der Waals surface area contributed by atoms with Gasteiger partial charge in [0, 0.05) is 5.54 Å². The summed E-state index contributed by atoms with van der Waals surface area (Å²) >= 11 is 0. The summed E-state index contributed by atoms with van der Waals surface area (Å²) in [5, 5.41) is 2.74. The van der Waals surface area contributed by atoms with Crippen molar-refractivity contribution in [2.75, 3.05) is 6.61 Å². The van der Waals surface area contributed by atoms with E-state index >= 15 is 0 Å². The first-order chi connectivity index (χ1) is 9.25. The molecule has 1 amide bonds. The number of carbonyl (C=O) groups is 2. The van der Waals surface area contributed by atoms with Crippen molar-refractivity contribution in [3.05, 3.63) is 35.1 Å². The number of halogens is 1. The molecule has 0 aliphatic heterocycles. The molecule has 20 heavy (non-hydrogen) atoms. The van der Waals surface area contributed by atoms with Crippen LogP contribution in [0.5, 0.6) is 0 Å². The van der Waals surface area contributed by atoms with Gasteiger partial charge in [0.1, 0.15) is 5.82 Å². The normalized spacial score (nSPS) is 11.1. The minimum absolute atomic E-state index is 0.0932. The number of hydrogen-bond acceptors (Lipinski definition) is 3. The molecule has 0 aromatic heterocycles. The fourth-order valence-corrected chi connectivity index (χ4v) is 1.44. The second-order valence-electron chi connectivity index (χ2n) is 5.33. The number of esters is 1. The average Bonchev–Trinajstić information content (AvgIpc) is 2.38. The van der Waals surface area contributed by atoms with Crippen LogP contribution < -0.4 is 5.32 Å². The Labute approximate surface area is 118 Å². The lowest BCUT2D eigenvalue weighted by atomic mass is 10.0. The highest BCUT2D eigenvalue weighted by atomic mass is 19.1. The highest BCUT2D eigenvalue weighted by Crippen LogP contribution is 2.10. The number of ether oxygens (including phenoxy) is 1. The number of amides is 1. The van der Waals surface area contributed by atoms with E-state index in [-0.39, 0.29) is 23.6 Å². The molecule has 0 saturated carbocycles. The number of nitrogens with one attached hydrogen (secondary N) is 1. The van der Waals surface area contributed by atoms with Crippen molar-refractivity contribution in [2.24, 2.45) is 0 Å². The van der Waals surface area contributed by atoms with E-state index in [4.69, 9.17) is 4.74 Å². The lowest BCUT2D eigenvalue weighted by Gasteiger charge is -2.24. The summed E-state index contributed by atoms with van der Waals surface area (Å²) in [5.41, 5.74) is 0.194. The van der Waals surface area contributed by atoms with Crippen molar-refractivity contribution in [2.45, 2.75) is 39.7 Å². The van der Waals surface area contributed by atoms with Crippen LogP contribution in [0.15, 0.2) is 18.2 Å². The van der Waals surface area contributed by atoms with Crippen LogP contribution in [-0.4, -0.2) is 24.0 Å². The van der Waals surface area contributed by atoms with Crippen LogP contribution in [0.2, 0.25) is 0 Å². The lowest BCUT2D eigenvalue weighted by molar-refractivity contribution is -0.125. The van der Waals surface area contributed by atoms with Gasteiger partial charge in [-0.1, -0.05) is 13.0 Å². The third-order valence-electron chi connectivity index (χ3n) is 3.10. The van der Waals surface area contributed by atoms with E-state index in [9.17, 15) is 14.0 Å². The van der Waals surface area contributed by atoms with Gasteiger partial charge in [-0.15, -0.1) is 0 Å². The number of carbonyl (C=O) groups excluding carboxylic acids is 2. The maximum absolute atomic E-state index is 13.3. The molecule has 110 valence electrons. The molecule has 5 heteroatoms. The molecule has 4 nitrogen and oxygen atoms in total. The molecule has 1 N–H and O–H groups in total. The zero-order valence-electron chi connectivity index (χ0n) is 12.2. The largest absolute Gasteiger partial charge is 0.452 e. The van der Waals surface area contributed by atoms with E-state index in [1.165, 1.54) is 12.1 Å². The highest BCUT2D eigenvalue weighted by Gasteiger charge is 2.19. The van der Waals surface area contributed by atoms with Crippen molar-refractivity contribution >= 4 is 11.9 Å².